The highest BCUT2D eigenvalue weighted by Crippen LogP contribution is 2.35. The van der Waals surface area contributed by atoms with Crippen LogP contribution in [0.25, 0.3) is 10.4 Å². The lowest BCUT2D eigenvalue weighted by Gasteiger charge is -2.07. The molecule has 2 rings (SSSR count). The van der Waals surface area contributed by atoms with Crippen LogP contribution < -0.4 is 5.73 Å². The summed E-state index contributed by atoms with van der Waals surface area (Å²) in [7, 11) is 0. The Morgan fingerprint density at radius 1 is 1.16 bits per heavy atom. The Kier molecular flexibility index (Phi) is 4.27. The van der Waals surface area contributed by atoms with Gasteiger partial charge in [-0.05, 0) is 18.6 Å². The molecule has 1 aromatic carbocycles. The second kappa shape index (κ2) is 5.75. The van der Waals surface area contributed by atoms with Gasteiger partial charge in [0.05, 0.1) is 5.56 Å². The van der Waals surface area contributed by atoms with E-state index in [4.69, 9.17) is 5.73 Å². The van der Waals surface area contributed by atoms with Crippen molar-refractivity contribution in [1.29, 1.82) is 0 Å². The van der Waals surface area contributed by atoms with Crippen LogP contribution in [-0.2, 0) is 0 Å². The minimum absolute atomic E-state index is 0.129. The average Bonchev–Trinajstić information content (AvgIpc) is 2.77. The first kappa shape index (κ1) is 14.1. The summed E-state index contributed by atoms with van der Waals surface area (Å²) in [5, 5.41) is 0. The summed E-state index contributed by atoms with van der Waals surface area (Å²) in [6.45, 7) is 2.02. The van der Waals surface area contributed by atoms with Crippen LogP contribution in [0.2, 0.25) is 0 Å². The number of benzene rings is 1. The largest absolute Gasteiger partial charge is 0.323 e. The van der Waals surface area contributed by atoms with Crippen molar-refractivity contribution in [1.82, 2.24) is 0 Å². The van der Waals surface area contributed by atoms with Crippen molar-refractivity contribution in [2.75, 3.05) is 0 Å². The van der Waals surface area contributed by atoms with Crippen molar-refractivity contribution in [2.24, 2.45) is 5.73 Å². The number of nitrogens with two attached hydrogens (primary N) is 1. The van der Waals surface area contributed by atoms with Gasteiger partial charge in [-0.25, -0.2) is 13.2 Å². The molecule has 1 unspecified atom stereocenters. The Labute approximate surface area is 113 Å². The second-order valence-corrected chi connectivity index (χ2v) is 5.46. The third-order valence-corrected chi connectivity index (χ3v) is 4.08. The fraction of sp³-hybridized carbons (Fsp3) is 0.286. The number of thiophene rings is 1. The molecule has 1 atom stereocenters. The molecule has 0 fully saturated rings. The second-order valence-electron chi connectivity index (χ2n) is 4.34. The maximum absolute atomic E-state index is 13.7. The van der Waals surface area contributed by atoms with Gasteiger partial charge in [0.1, 0.15) is 17.5 Å². The summed E-state index contributed by atoms with van der Waals surface area (Å²) in [6, 6.07) is 4.63. The van der Waals surface area contributed by atoms with Crippen molar-refractivity contribution in [2.45, 2.75) is 25.8 Å². The lowest BCUT2D eigenvalue weighted by Crippen LogP contribution is -2.07. The molecule has 1 aromatic heterocycles. The summed E-state index contributed by atoms with van der Waals surface area (Å²) >= 11 is 1.24. The van der Waals surface area contributed by atoms with Gasteiger partial charge in [-0.2, -0.15) is 0 Å². The monoisotopic (exact) mass is 285 g/mol. The summed E-state index contributed by atoms with van der Waals surface area (Å²) in [4.78, 5) is 1.30. The summed E-state index contributed by atoms with van der Waals surface area (Å²) in [5.41, 5.74) is 5.77. The van der Waals surface area contributed by atoms with Crippen LogP contribution in [0.15, 0.2) is 24.3 Å². The van der Waals surface area contributed by atoms with Crippen LogP contribution in [0.1, 0.15) is 30.7 Å². The number of rotatable bonds is 4. The Bertz CT molecular complexity index is 557. The standard InChI is InChI=1S/C14H14F3NS/c1-2-3-11(18)12-4-5-13(19-12)14-9(16)6-8(15)7-10(14)17/h4-7,11H,2-3,18H2,1H3. The van der Waals surface area contributed by atoms with Crippen LogP contribution >= 0.6 is 11.3 Å². The molecular weight excluding hydrogens is 271 g/mol. The molecule has 0 aliphatic carbocycles. The third kappa shape index (κ3) is 2.98. The fourth-order valence-electron chi connectivity index (χ4n) is 1.92. The molecule has 1 heterocycles. The van der Waals surface area contributed by atoms with E-state index in [0.717, 1.165) is 17.7 Å². The molecule has 2 N–H and O–H groups in total. The van der Waals surface area contributed by atoms with E-state index in [-0.39, 0.29) is 11.6 Å². The maximum atomic E-state index is 13.7. The van der Waals surface area contributed by atoms with Gasteiger partial charge in [0.25, 0.3) is 0 Å². The first-order valence-corrected chi connectivity index (χ1v) is 6.84. The van der Waals surface area contributed by atoms with Gasteiger partial charge in [-0.15, -0.1) is 11.3 Å². The molecule has 0 aliphatic rings. The highest BCUT2D eigenvalue weighted by Gasteiger charge is 2.17. The number of hydrogen-bond donors (Lipinski definition) is 1. The lowest BCUT2D eigenvalue weighted by molar-refractivity contribution is 0.548. The molecule has 0 spiro atoms. The normalized spacial score (nSPS) is 12.7. The molecule has 0 saturated carbocycles. The van der Waals surface area contributed by atoms with Crippen molar-refractivity contribution < 1.29 is 13.2 Å². The van der Waals surface area contributed by atoms with E-state index in [0.29, 0.717) is 17.0 Å². The topological polar surface area (TPSA) is 26.0 Å². The average molecular weight is 285 g/mol. The van der Waals surface area contributed by atoms with E-state index in [1.165, 1.54) is 11.3 Å². The van der Waals surface area contributed by atoms with E-state index in [1.54, 1.807) is 12.1 Å². The van der Waals surface area contributed by atoms with Crippen LogP contribution in [-0.4, -0.2) is 0 Å². The molecule has 5 heteroatoms. The van der Waals surface area contributed by atoms with Gasteiger partial charge in [0, 0.05) is 27.9 Å². The Morgan fingerprint density at radius 2 is 1.79 bits per heavy atom. The predicted molar refractivity (Wildman–Crippen MR) is 71.5 cm³/mol. The Morgan fingerprint density at radius 3 is 2.37 bits per heavy atom. The zero-order chi connectivity index (χ0) is 14.0. The van der Waals surface area contributed by atoms with E-state index in [2.05, 4.69) is 0 Å². The molecule has 0 bridgehead atoms. The minimum atomic E-state index is -0.918. The molecule has 0 aliphatic heterocycles. The van der Waals surface area contributed by atoms with Gasteiger partial charge in [-0.1, -0.05) is 13.3 Å². The van der Waals surface area contributed by atoms with Gasteiger partial charge in [-0.3, -0.25) is 0 Å². The highest BCUT2D eigenvalue weighted by molar-refractivity contribution is 7.15. The van der Waals surface area contributed by atoms with Crippen LogP contribution in [0.5, 0.6) is 0 Å². The first-order chi connectivity index (χ1) is 9.02. The third-order valence-electron chi connectivity index (χ3n) is 2.85. The van der Waals surface area contributed by atoms with Crippen molar-refractivity contribution >= 4 is 11.3 Å². The molecule has 19 heavy (non-hydrogen) atoms. The summed E-state index contributed by atoms with van der Waals surface area (Å²) in [6.07, 6.45) is 1.75. The van der Waals surface area contributed by atoms with Gasteiger partial charge in [0.2, 0.25) is 0 Å². The summed E-state index contributed by atoms with van der Waals surface area (Å²) in [5.74, 6) is -2.71. The summed E-state index contributed by atoms with van der Waals surface area (Å²) < 4.78 is 40.2. The van der Waals surface area contributed by atoms with Gasteiger partial charge < -0.3 is 5.73 Å². The first-order valence-electron chi connectivity index (χ1n) is 6.03. The van der Waals surface area contributed by atoms with Crippen molar-refractivity contribution in [3.05, 3.63) is 46.6 Å². The van der Waals surface area contributed by atoms with E-state index >= 15 is 0 Å². The zero-order valence-corrected chi connectivity index (χ0v) is 11.2. The molecule has 102 valence electrons. The molecule has 0 amide bonds. The smallest absolute Gasteiger partial charge is 0.137 e. The lowest BCUT2D eigenvalue weighted by atomic mass is 10.1. The number of halogens is 3. The zero-order valence-electron chi connectivity index (χ0n) is 10.4. The van der Waals surface area contributed by atoms with Crippen LogP contribution in [0, 0.1) is 17.5 Å². The van der Waals surface area contributed by atoms with Crippen LogP contribution in [0.4, 0.5) is 13.2 Å². The van der Waals surface area contributed by atoms with E-state index < -0.39 is 17.5 Å². The molecule has 0 radical (unpaired) electrons. The predicted octanol–water partition coefficient (Wildman–Crippen LogP) is 4.63. The minimum Gasteiger partial charge on any atom is -0.323 e. The molecule has 2 aromatic rings. The van der Waals surface area contributed by atoms with Crippen molar-refractivity contribution in [3.63, 3.8) is 0 Å². The maximum Gasteiger partial charge on any atom is 0.137 e. The number of hydrogen-bond acceptors (Lipinski definition) is 2. The van der Waals surface area contributed by atoms with Crippen molar-refractivity contribution in [3.8, 4) is 10.4 Å². The molecule has 1 nitrogen and oxygen atoms in total. The molecule has 0 saturated heterocycles. The fourth-order valence-corrected chi connectivity index (χ4v) is 3.01. The highest BCUT2D eigenvalue weighted by atomic mass is 32.1. The quantitative estimate of drug-likeness (QED) is 0.870. The van der Waals surface area contributed by atoms with E-state index in [1.807, 2.05) is 6.92 Å². The SMILES string of the molecule is CCCC(N)c1ccc(-c2c(F)cc(F)cc2F)s1. The molecular formula is C14H14F3NS. The van der Waals surface area contributed by atoms with Crippen LogP contribution in [0.3, 0.4) is 0 Å². The Hall–Kier alpha value is -1.33. The van der Waals surface area contributed by atoms with E-state index in [9.17, 15) is 13.2 Å². The van der Waals surface area contributed by atoms with Gasteiger partial charge in [0.15, 0.2) is 0 Å². The Balaban J connectivity index is 2.38. The van der Waals surface area contributed by atoms with Gasteiger partial charge >= 0.3 is 0 Å².